The molecular weight excluding hydrogens is 384 g/mol. The molecule has 0 saturated heterocycles. The summed E-state index contributed by atoms with van der Waals surface area (Å²) in [5.74, 6) is 0. The van der Waals surface area contributed by atoms with E-state index < -0.39 is 0 Å². The van der Waals surface area contributed by atoms with E-state index >= 15 is 0 Å². The summed E-state index contributed by atoms with van der Waals surface area (Å²) < 4.78 is 1.20. The van der Waals surface area contributed by atoms with Crippen LogP contribution >= 0.6 is 11.3 Å². The highest BCUT2D eigenvalue weighted by atomic mass is 32.1. The number of nitrogen functional groups attached to an aromatic ring is 1. The van der Waals surface area contributed by atoms with Crippen LogP contribution in [0.5, 0.6) is 0 Å². The SMILES string of the molecule is CC(C)(C)c1cc(-c2ccc3ccccc3c2)c2nc(-c3ccccc3N)sc2c1. The molecule has 0 bridgehead atoms. The molecule has 2 N–H and O–H groups in total. The molecular formula is C27H24N2S. The van der Waals surface area contributed by atoms with Gasteiger partial charge in [-0.3, -0.25) is 0 Å². The summed E-state index contributed by atoms with van der Waals surface area (Å²) in [6.45, 7) is 6.78. The first-order chi connectivity index (χ1) is 14.4. The third kappa shape index (κ3) is 3.25. The van der Waals surface area contributed by atoms with Crippen LogP contribution in [-0.4, -0.2) is 4.98 Å². The molecule has 4 aromatic carbocycles. The third-order valence-electron chi connectivity index (χ3n) is 5.61. The smallest absolute Gasteiger partial charge is 0.126 e. The lowest BCUT2D eigenvalue weighted by molar-refractivity contribution is 0.591. The van der Waals surface area contributed by atoms with Gasteiger partial charge in [-0.2, -0.15) is 0 Å². The molecule has 0 radical (unpaired) electrons. The number of fused-ring (bicyclic) bond motifs is 2. The van der Waals surface area contributed by atoms with E-state index in [1.54, 1.807) is 11.3 Å². The van der Waals surface area contributed by atoms with Gasteiger partial charge in [-0.25, -0.2) is 4.98 Å². The van der Waals surface area contributed by atoms with Gasteiger partial charge in [0, 0.05) is 16.8 Å². The van der Waals surface area contributed by atoms with Crippen LogP contribution in [0.3, 0.4) is 0 Å². The highest BCUT2D eigenvalue weighted by molar-refractivity contribution is 7.21. The number of para-hydroxylation sites is 1. The Bertz CT molecular complexity index is 1390. The summed E-state index contributed by atoms with van der Waals surface area (Å²) in [7, 11) is 0. The predicted octanol–water partition coefficient (Wildman–Crippen LogP) is 7.66. The van der Waals surface area contributed by atoms with Crippen molar-refractivity contribution in [3.05, 3.63) is 84.4 Å². The van der Waals surface area contributed by atoms with Gasteiger partial charge in [0.15, 0.2) is 0 Å². The van der Waals surface area contributed by atoms with Gasteiger partial charge < -0.3 is 5.73 Å². The number of benzene rings is 4. The summed E-state index contributed by atoms with van der Waals surface area (Å²) in [5, 5.41) is 3.46. The Labute approximate surface area is 181 Å². The van der Waals surface area contributed by atoms with Crippen molar-refractivity contribution in [3.63, 3.8) is 0 Å². The molecule has 0 atom stereocenters. The van der Waals surface area contributed by atoms with Crippen LogP contribution in [-0.2, 0) is 5.41 Å². The Hall–Kier alpha value is -3.17. The molecule has 0 saturated carbocycles. The summed E-state index contributed by atoms with van der Waals surface area (Å²) in [4.78, 5) is 5.06. The summed E-state index contributed by atoms with van der Waals surface area (Å²) >= 11 is 1.72. The van der Waals surface area contributed by atoms with Crippen LogP contribution in [0.15, 0.2) is 78.9 Å². The minimum atomic E-state index is 0.0513. The highest BCUT2D eigenvalue weighted by Crippen LogP contribution is 2.41. The van der Waals surface area contributed by atoms with Crippen molar-refractivity contribution >= 4 is 38.0 Å². The number of thiazole rings is 1. The number of hydrogen-bond donors (Lipinski definition) is 1. The molecule has 0 fully saturated rings. The first-order valence-corrected chi connectivity index (χ1v) is 11.0. The second-order valence-electron chi connectivity index (χ2n) is 8.79. The maximum Gasteiger partial charge on any atom is 0.126 e. The van der Waals surface area contributed by atoms with Crippen LogP contribution in [0.2, 0.25) is 0 Å². The van der Waals surface area contributed by atoms with E-state index in [0.29, 0.717) is 0 Å². The number of rotatable bonds is 2. The first kappa shape index (κ1) is 18.8. The van der Waals surface area contributed by atoms with Crippen molar-refractivity contribution in [2.24, 2.45) is 0 Å². The Morgan fingerprint density at radius 1 is 0.767 bits per heavy atom. The van der Waals surface area contributed by atoms with Gasteiger partial charge in [0.25, 0.3) is 0 Å². The topological polar surface area (TPSA) is 38.9 Å². The van der Waals surface area contributed by atoms with E-state index in [1.807, 2.05) is 24.3 Å². The Kier molecular flexibility index (Phi) is 4.37. The standard InChI is InChI=1S/C27H24N2S/c1-27(2,3)20-15-22(19-13-12-17-8-4-5-9-18(17)14-19)25-24(16-20)30-26(29-25)21-10-6-7-11-23(21)28/h4-16H,28H2,1-3H3. The quantitative estimate of drug-likeness (QED) is 0.304. The van der Waals surface area contributed by atoms with E-state index in [4.69, 9.17) is 10.7 Å². The lowest BCUT2D eigenvalue weighted by Gasteiger charge is -2.20. The maximum atomic E-state index is 6.25. The van der Waals surface area contributed by atoms with Gasteiger partial charge in [0.2, 0.25) is 0 Å². The van der Waals surface area contributed by atoms with E-state index in [2.05, 4.69) is 75.4 Å². The first-order valence-electron chi connectivity index (χ1n) is 10.2. The lowest BCUT2D eigenvalue weighted by Crippen LogP contribution is -2.11. The third-order valence-corrected chi connectivity index (χ3v) is 6.65. The second kappa shape index (κ2) is 6.96. The lowest BCUT2D eigenvalue weighted by atomic mass is 9.85. The highest BCUT2D eigenvalue weighted by Gasteiger charge is 2.20. The molecule has 0 spiro atoms. The zero-order chi connectivity index (χ0) is 20.9. The number of aromatic nitrogens is 1. The second-order valence-corrected chi connectivity index (χ2v) is 9.82. The van der Waals surface area contributed by atoms with Crippen LogP contribution in [0.25, 0.3) is 42.7 Å². The summed E-state index contributed by atoms with van der Waals surface area (Å²) in [6.07, 6.45) is 0. The number of hydrogen-bond acceptors (Lipinski definition) is 3. The zero-order valence-electron chi connectivity index (χ0n) is 17.4. The van der Waals surface area contributed by atoms with Gasteiger partial charge in [-0.1, -0.05) is 69.3 Å². The molecule has 2 nitrogen and oxygen atoms in total. The fourth-order valence-corrected chi connectivity index (χ4v) is 4.93. The molecule has 1 heterocycles. The van der Waals surface area contributed by atoms with Crippen molar-refractivity contribution in [2.45, 2.75) is 26.2 Å². The Morgan fingerprint density at radius 3 is 2.27 bits per heavy atom. The van der Waals surface area contributed by atoms with Crippen LogP contribution in [0, 0.1) is 0 Å². The number of anilines is 1. The molecule has 5 rings (SSSR count). The summed E-state index contributed by atoms with van der Waals surface area (Å²) in [5.41, 5.74) is 12.8. The predicted molar refractivity (Wildman–Crippen MR) is 131 cm³/mol. The molecule has 3 heteroatoms. The minimum Gasteiger partial charge on any atom is -0.398 e. The van der Waals surface area contributed by atoms with E-state index in [0.717, 1.165) is 21.8 Å². The van der Waals surface area contributed by atoms with Gasteiger partial charge in [0.1, 0.15) is 5.01 Å². The largest absolute Gasteiger partial charge is 0.398 e. The zero-order valence-corrected chi connectivity index (χ0v) is 18.3. The molecule has 1 aromatic heterocycles. The van der Waals surface area contributed by atoms with E-state index in [1.165, 1.54) is 32.2 Å². The average molecular weight is 409 g/mol. The van der Waals surface area contributed by atoms with Crippen molar-refractivity contribution < 1.29 is 0 Å². The molecule has 5 aromatic rings. The molecule has 0 unspecified atom stereocenters. The molecule has 0 aliphatic heterocycles. The molecule has 0 aliphatic carbocycles. The number of nitrogens with zero attached hydrogens (tertiary/aromatic N) is 1. The van der Waals surface area contributed by atoms with Gasteiger partial charge in [-0.15, -0.1) is 11.3 Å². The van der Waals surface area contributed by atoms with Crippen molar-refractivity contribution in [1.29, 1.82) is 0 Å². The van der Waals surface area contributed by atoms with Crippen LogP contribution in [0.1, 0.15) is 26.3 Å². The number of nitrogens with two attached hydrogens (primary N) is 1. The van der Waals surface area contributed by atoms with E-state index in [-0.39, 0.29) is 5.41 Å². The van der Waals surface area contributed by atoms with Gasteiger partial charge >= 0.3 is 0 Å². The van der Waals surface area contributed by atoms with E-state index in [9.17, 15) is 0 Å². The fourth-order valence-electron chi connectivity index (χ4n) is 3.85. The fraction of sp³-hybridized carbons (Fsp3) is 0.148. The van der Waals surface area contributed by atoms with Crippen molar-refractivity contribution in [3.8, 4) is 21.7 Å². The average Bonchev–Trinajstić information content (AvgIpc) is 3.16. The molecule has 30 heavy (non-hydrogen) atoms. The molecule has 0 amide bonds. The summed E-state index contributed by atoms with van der Waals surface area (Å²) in [6, 6.07) is 27.7. The van der Waals surface area contributed by atoms with Crippen molar-refractivity contribution in [1.82, 2.24) is 4.98 Å². The Morgan fingerprint density at radius 2 is 1.50 bits per heavy atom. The minimum absolute atomic E-state index is 0.0513. The molecule has 148 valence electrons. The maximum absolute atomic E-state index is 6.25. The normalized spacial score (nSPS) is 12.0. The Balaban J connectivity index is 1.79. The van der Waals surface area contributed by atoms with Crippen LogP contribution < -0.4 is 5.73 Å². The monoisotopic (exact) mass is 408 g/mol. The van der Waals surface area contributed by atoms with Crippen LogP contribution in [0.4, 0.5) is 5.69 Å². The molecule has 0 aliphatic rings. The van der Waals surface area contributed by atoms with Gasteiger partial charge in [0.05, 0.1) is 10.2 Å². The van der Waals surface area contributed by atoms with Crippen molar-refractivity contribution in [2.75, 3.05) is 5.73 Å². The van der Waals surface area contributed by atoms with Gasteiger partial charge in [-0.05, 0) is 57.6 Å².